The van der Waals surface area contributed by atoms with Gasteiger partial charge >= 0.3 is 0 Å². The van der Waals surface area contributed by atoms with E-state index in [4.69, 9.17) is 0 Å². The summed E-state index contributed by atoms with van der Waals surface area (Å²) in [4.78, 5) is 41.5. The van der Waals surface area contributed by atoms with Crippen LogP contribution >= 0.6 is 0 Å². The molecule has 0 bridgehead atoms. The zero-order chi connectivity index (χ0) is 20.3. The Morgan fingerprint density at radius 1 is 1.17 bits per heavy atom. The molecule has 2 fully saturated rings. The van der Waals surface area contributed by atoms with E-state index < -0.39 is 0 Å². The van der Waals surface area contributed by atoms with Crippen molar-refractivity contribution in [2.24, 2.45) is 5.41 Å². The third kappa shape index (κ3) is 4.28. The summed E-state index contributed by atoms with van der Waals surface area (Å²) >= 11 is 0. The van der Waals surface area contributed by atoms with Crippen LogP contribution in [0.3, 0.4) is 0 Å². The molecule has 4 heterocycles. The van der Waals surface area contributed by atoms with Crippen molar-refractivity contribution >= 4 is 11.8 Å². The molecule has 0 radical (unpaired) electrons. The molecule has 0 atom stereocenters. The molecule has 2 aliphatic heterocycles. The predicted molar refractivity (Wildman–Crippen MR) is 108 cm³/mol. The van der Waals surface area contributed by atoms with Gasteiger partial charge in [0.05, 0.1) is 11.3 Å². The first kappa shape index (κ1) is 19.5. The number of hydrogen-bond acceptors (Lipinski definition) is 5. The minimum atomic E-state index is 0.0123. The summed E-state index contributed by atoms with van der Waals surface area (Å²) in [7, 11) is 0. The van der Waals surface area contributed by atoms with E-state index >= 15 is 0 Å². The monoisotopic (exact) mass is 393 g/mol. The number of nitrogens with zero attached hydrogens (tertiary/aromatic N) is 5. The molecule has 2 aromatic rings. The highest BCUT2D eigenvalue weighted by atomic mass is 16.2. The zero-order valence-corrected chi connectivity index (χ0v) is 16.9. The zero-order valence-electron chi connectivity index (χ0n) is 16.9. The molecule has 2 aliphatic rings. The molecule has 7 heteroatoms. The Bertz CT molecular complexity index is 878. The summed E-state index contributed by atoms with van der Waals surface area (Å²) < 4.78 is 0. The molecule has 0 saturated carbocycles. The smallest absolute Gasteiger partial charge is 0.257 e. The average Bonchev–Trinajstić information content (AvgIpc) is 2.76. The van der Waals surface area contributed by atoms with Crippen molar-refractivity contribution in [2.45, 2.75) is 39.0 Å². The lowest BCUT2D eigenvalue weighted by molar-refractivity contribution is -0.138. The Morgan fingerprint density at radius 2 is 2.00 bits per heavy atom. The van der Waals surface area contributed by atoms with Crippen molar-refractivity contribution in [1.29, 1.82) is 0 Å². The number of likely N-dealkylation sites (tertiary alicyclic amines) is 2. The first-order valence-corrected chi connectivity index (χ1v) is 10.3. The van der Waals surface area contributed by atoms with Crippen molar-refractivity contribution in [2.75, 3.05) is 26.2 Å². The standard InChI is InChI=1S/C22H27N5O2/c1-17-19(14-24-16-25-17)21(29)26-11-7-22(8-12-26)6-4-20(28)27(15-22)10-5-18-3-2-9-23-13-18/h2-3,9,13-14,16H,4-8,10-12,15H2,1H3. The van der Waals surface area contributed by atoms with Gasteiger partial charge in [0.15, 0.2) is 0 Å². The number of pyridine rings is 1. The predicted octanol–water partition coefficient (Wildman–Crippen LogP) is 2.27. The number of piperidine rings is 2. The Balaban J connectivity index is 1.36. The summed E-state index contributed by atoms with van der Waals surface area (Å²) in [6, 6.07) is 3.98. The van der Waals surface area contributed by atoms with E-state index in [0.29, 0.717) is 12.0 Å². The van der Waals surface area contributed by atoms with Crippen molar-refractivity contribution in [1.82, 2.24) is 24.8 Å². The maximum absolute atomic E-state index is 12.8. The van der Waals surface area contributed by atoms with Gasteiger partial charge in [0.25, 0.3) is 5.91 Å². The lowest BCUT2D eigenvalue weighted by Crippen LogP contribution is -2.52. The van der Waals surface area contributed by atoms with E-state index in [9.17, 15) is 9.59 Å². The van der Waals surface area contributed by atoms with Crippen molar-refractivity contribution in [3.05, 3.63) is 53.9 Å². The number of carbonyl (C=O) groups excluding carboxylic acids is 2. The lowest BCUT2D eigenvalue weighted by Gasteiger charge is -2.47. The molecule has 0 aliphatic carbocycles. The summed E-state index contributed by atoms with van der Waals surface area (Å²) in [5.41, 5.74) is 2.58. The second-order valence-corrected chi connectivity index (χ2v) is 8.24. The Morgan fingerprint density at radius 3 is 2.72 bits per heavy atom. The number of aromatic nitrogens is 3. The van der Waals surface area contributed by atoms with E-state index in [-0.39, 0.29) is 17.2 Å². The fourth-order valence-corrected chi connectivity index (χ4v) is 4.48. The number of hydrogen-bond donors (Lipinski definition) is 0. The highest BCUT2D eigenvalue weighted by molar-refractivity contribution is 5.95. The number of amides is 2. The van der Waals surface area contributed by atoms with Crippen LogP contribution in [-0.2, 0) is 11.2 Å². The summed E-state index contributed by atoms with van der Waals surface area (Å²) in [6.07, 6.45) is 10.9. The Labute approximate surface area is 171 Å². The second-order valence-electron chi connectivity index (χ2n) is 8.24. The molecule has 0 unspecified atom stereocenters. The van der Waals surface area contributed by atoms with E-state index in [1.54, 1.807) is 12.4 Å². The van der Waals surface area contributed by atoms with Crippen LogP contribution in [-0.4, -0.2) is 62.7 Å². The number of rotatable bonds is 4. The molecule has 2 saturated heterocycles. The van der Waals surface area contributed by atoms with Gasteiger partial charge in [-0.25, -0.2) is 9.97 Å². The second kappa shape index (κ2) is 8.27. The van der Waals surface area contributed by atoms with Crippen LogP contribution in [0.2, 0.25) is 0 Å². The van der Waals surface area contributed by atoms with E-state index in [1.165, 1.54) is 6.33 Å². The summed E-state index contributed by atoms with van der Waals surface area (Å²) in [6.45, 7) is 4.81. The molecule has 0 aromatic carbocycles. The van der Waals surface area contributed by atoms with Gasteiger partial charge in [-0.15, -0.1) is 0 Å². The molecule has 7 nitrogen and oxygen atoms in total. The Kier molecular flexibility index (Phi) is 5.56. The average molecular weight is 393 g/mol. The molecule has 2 amide bonds. The molecule has 2 aromatic heterocycles. The fraction of sp³-hybridized carbons (Fsp3) is 0.500. The van der Waals surface area contributed by atoms with Crippen LogP contribution in [0.15, 0.2) is 37.1 Å². The largest absolute Gasteiger partial charge is 0.342 e. The van der Waals surface area contributed by atoms with Crippen molar-refractivity contribution in [3.63, 3.8) is 0 Å². The first-order valence-electron chi connectivity index (χ1n) is 10.3. The highest BCUT2D eigenvalue weighted by Gasteiger charge is 2.41. The summed E-state index contributed by atoms with van der Waals surface area (Å²) in [5.74, 6) is 0.258. The van der Waals surface area contributed by atoms with Gasteiger partial charge < -0.3 is 9.80 Å². The molecular formula is C22H27N5O2. The first-order chi connectivity index (χ1) is 14.1. The minimum Gasteiger partial charge on any atom is -0.342 e. The van der Waals surface area contributed by atoms with Gasteiger partial charge in [-0.1, -0.05) is 6.07 Å². The van der Waals surface area contributed by atoms with Gasteiger partial charge in [0, 0.05) is 51.2 Å². The molecule has 29 heavy (non-hydrogen) atoms. The van der Waals surface area contributed by atoms with Gasteiger partial charge in [0.1, 0.15) is 6.33 Å². The van der Waals surface area contributed by atoms with Gasteiger partial charge in [-0.2, -0.15) is 0 Å². The SMILES string of the molecule is Cc1ncncc1C(=O)N1CCC2(CCC(=O)N(CCc3cccnc3)C2)CC1. The Hall–Kier alpha value is -2.83. The van der Waals surface area contributed by atoms with Crippen LogP contribution in [0.4, 0.5) is 0 Å². The van der Waals surface area contributed by atoms with Crippen LogP contribution in [0, 0.1) is 12.3 Å². The van der Waals surface area contributed by atoms with E-state index in [2.05, 4.69) is 21.0 Å². The third-order valence-electron chi connectivity index (χ3n) is 6.39. The molecule has 1 spiro atoms. The summed E-state index contributed by atoms with van der Waals surface area (Å²) in [5, 5.41) is 0. The third-order valence-corrected chi connectivity index (χ3v) is 6.39. The van der Waals surface area contributed by atoms with Gasteiger partial charge in [0.2, 0.25) is 5.91 Å². The molecule has 4 rings (SSSR count). The maximum Gasteiger partial charge on any atom is 0.257 e. The van der Waals surface area contributed by atoms with Crippen molar-refractivity contribution in [3.8, 4) is 0 Å². The number of aryl methyl sites for hydroxylation is 1. The normalized spacial score (nSPS) is 18.9. The van der Waals surface area contributed by atoms with Crippen LogP contribution in [0.25, 0.3) is 0 Å². The van der Waals surface area contributed by atoms with Crippen molar-refractivity contribution < 1.29 is 9.59 Å². The topological polar surface area (TPSA) is 79.3 Å². The minimum absolute atomic E-state index is 0.0123. The van der Waals surface area contributed by atoms with Crippen LogP contribution < -0.4 is 0 Å². The molecular weight excluding hydrogens is 366 g/mol. The molecule has 0 N–H and O–H groups in total. The van der Waals surface area contributed by atoms with E-state index in [1.807, 2.05) is 29.0 Å². The van der Waals surface area contributed by atoms with Crippen LogP contribution in [0.5, 0.6) is 0 Å². The van der Waals surface area contributed by atoms with Gasteiger partial charge in [-0.3, -0.25) is 14.6 Å². The van der Waals surface area contributed by atoms with Crippen LogP contribution in [0.1, 0.15) is 47.3 Å². The van der Waals surface area contributed by atoms with Gasteiger partial charge in [-0.05, 0) is 49.7 Å². The highest BCUT2D eigenvalue weighted by Crippen LogP contribution is 2.40. The molecule has 152 valence electrons. The number of carbonyl (C=O) groups is 2. The fourth-order valence-electron chi connectivity index (χ4n) is 4.48. The quantitative estimate of drug-likeness (QED) is 0.796. The van der Waals surface area contributed by atoms with E-state index in [0.717, 1.165) is 63.1 Å². The lowest BCUT2D eigenvalue weighted by atomic mass is 9.72. The maximum atomic E-state index is 12.8.